The van der Waals surface area contributed by atoms with Crippen molar-refractivity contribution in [3.63, 3.8) is 0 Å². The second-order valence-electron chi connectivity index (χ2n) is 9.26. The lowest BCUT2D eigenvalue weighted by Crippen LogP contribution is -2.00. The summed E-state index contributed by atoms with van der Waals surface area (Å²) in [7, 11) is 0. The smallest absolute Gasteiger partial charge is 0.0352 e. The molecule has 0 N–H and O–H groups in total. The summed E-state index contributed by atoms with van der Waals surface area (Å²) in [4.78, 5) is 1.33. The normalized spacial score (nSPS) is 11.8. The van der Waals surface area contributed by atoms with E-state index in [2.05, 4.69) is 133 Å². The van der Waals surface area contributed by atoms with Crippen molar-refractivity contribution < 1.29 is 0 Å². The Morgan fingerprint density at radius 3 is 1.47 bits per heavy atom. The van der Waals surface area contributed by atoms with Gasteiger partial charge in [0.25, 0.3) is 0 Å². The van der Waals surface area contributed by atoms with Crippen LogP contribution in [0.2, 0.25) is 0 Å². The zero-order valence-corrected chi connectivity index (χ0v) is 20.6. The van der Waals surface area contributed by atoms with Crippen molar-refractivity contribution in [3.05, 3.63) is 144 Å². The Bertz CT molecular complexity index is 1660. The number of hydrogen-bond acceptors (Lipinski definition) is 1. The summed E-state index contributed by atoms with van der Waals surface area (Å²) in [6.45, 7) is 0. The Kier molecular flexibility index (Phi) is 5.15. The molecule has 170 valence electrons. The van der Waals surface area contributed by atoms with Crippen LogP contribution in [0.15, 0.2) is 133 Å². The largest absolute Gasteiger partial charge is 0.144 e. The van der Waals surface area contributed by atoms with Gasteiger partial charge in [0.2, 0.25) is 0 Å². The molecule has 0 unspecified atom stereocenters. The first-order valence-electron chi connectivity index (χ1n) is 12.4. The maximum Gasteiger partial charge on any atom is 0.0352 e. The average molecular weight is 477 g/mol. The zero-order valence-electron chi connectivity index (χ0n) is 19.8. The van der Waals surface area contributed by atoms with Crippen molar-refractivity contribution in [3.8, 4) is 54.9 Å². The molecule has 5 aromatic carbocycles. The van der Waals surface area contributed by atoms with Crippen molar-refractivity contribution in [1.29, 1.82) is 0 Å². The van der Waals surface area contributed by atoms with Crippen LogP contribution in [0, 0.1) is 0 Å². The van der Waals surface area contributed by atoms with E-state index in [0.717, 1.165) is 6.42 Å². The molecule has 1 aliphatic rings. The van der Waals surface area contributed by atoms with Gasteiger partial charge < -0.3 is 0 Å². The highest BCUT2D eigenvalue weighted by atomic mass is 32.1. The summed E-state index contributed by atoms with van der Waals surface area (Å²) in [5.41, 5.74) is 14.7. The van der Waals surface area contributed by atoms with E-state index in [1.54, 1.807) is 0 Å². The Hall–Kier alpha value is -4.20. The lowest BCUT2D eigenvalue weighted by molar-refractivity contribution is 1.27. The zero-order chi connectivity index (χ0) is 23.9. The topological polar surface area (TPSA) is 0 Å². The van der Waals surface area contributed by atoms with Gasteiger partial charge in [-0.15, -0.1) is 11.3 Å². The van der Waals surface area contributed by atoms with Crippen LogP contribution in [0.1, 0.15) is 11.1 Å². The second-order valence-corrected chi connectivity index (χ2v) is 10.2. The third-order valence-electron chi connectivity index (χ3n) is 7.21. The van der Waals surface area contributed by atoms with Crippen molar-refractivity contribution >= 4 is 11.3 Å². The molecular formula is C35H24S. The third-order valence-corrected chi connectivity index (χ3v) is 8.10. The van der Waals surface area contributed by atoms with Gasteiger partial charge in [-0.2, -0.15) is 0 Å². The summed E-state index contributed by atoms with van der Waals surface area (Å²) in [6, 6.07) is 46.3. The molecule has 0 saturated carbocycles. The minimum absolute atomic E-state index is 0.952. The summed E-state index contributed by atoms with van der Waals surface area (Å²) in [5, 5.41) is 2.20. The van der Waals surface area contributed by atoms with E-state index in [-0.39, 0.29) is 0 Å². The van der Waals surface area contributed by atoms with Crippen molar-refractivity contribution in [2.24, 2.45) is 0 Å². The van der Waals surface area contributed by atoms with Crippen LogP contribution in [0.3, 0.4) is 0 Å². The summed E-state index contributed by atoms with van der Waals surface area (Å²) >= 11 is 1.84. The SMILES string of the molecule is c1ccc(-c2c(-c3cccs3)c3c(c(-c4ccccc4)c2-c2ccccc2)-c2ccccc2C3)cc1. The van der Waals surface area contributed by atoms with E-state index in [1.165, 1.54) is 66.1 Å². The average Bonchev–Trinajstić information content (AvgIpc) is 3.62. The van der Waals surface area contributed by atoms with Gasteiger partial charge in [-0.1, -0.05) is 121 Å². The first-order chi connectivity index (χ1) is 17.9. The molecule has 0 aliphatic heterocycles. The van der Waals surface area contributed by atoms with E-state index in [1.807, 2.05) is 11.3 Å². The minimum Gasteiger partial charge on any atom is -0.144 e. The first kappa shape index (κ1) is 21.1. The van der Waals surface area contributed by atoms with Gasteiger partial charge in [0.05, 0.1) is 0 Å². The van der Waals surface area contributed by atoms with E-state index < -0.39 is 0 Å². The fourth-order valence-corrected chi connectivity index (χ4v) is 6.56. The Morgan fingerprint density at radius 2 is 0.917 bits per heavy atom. The van der Waals surface area contributed by atoms with E-state index >= 15 is 0 Å². The second kappa shape index (κ2) is 8.78. The molecule has 6 aromatic rings. The molecule has 0 nitrogen and oxygen atoms in total. The van der Waals surface area contributed by atoms with Crippen molar-refractivity contribution in [2.75, 3.05) is 0 Å². The lowest BCUT2D eigenvalue weighted by atomic mass is 9.78. The highest BCUT2D eigenvalue weighted by Crippen LogP contribution is 2.56. The number of rotatable bonds is 4. The standard InChI is InChI=1S/C35H24S/c1-4-13-24(14-5-1)31-32(25-15-6-2-7-16-25)34-28-20-11-10-19-27(28)23-29(34)35(30-21-12-22-36-30)33(31)26-17-8-3-9-18-26/h1-22H,23H2. The van der Waals surface area contributed by atoms with Crippen LogP contribution < -0.4 is 0 Å². The fourth-order valence-electron chi connectivity index (χ4n) is 5.76. The van der Waals surface area contributed by atoms with Crippen LogP contribution in [0.5, 0.6) is 0 Å². The van der Waals surface area contributed by atoms with Gasteiger partial charge in [-0.25, -0.2) is 0 Å². The van der Waals surface area contributed by atoms with Gasteiger partial charge in [0, 0.05) is 10.4 Å². The number of benzene rings is 5. The van der Waals surface area contributed by atoms with Crippen LogP contribution in [0.25, 0.3) is 54.9 Å². The highest BCUT2D eigenvalue weighted by molar-refractivity contribution is 7.13. The Morgan fingerprint density at radius 1 is 0.417 bits per heavy atom. The molecule has 0 atom stereocenters. The molecule has 1 aromatic heterocycles. The quantitative estimate of drug-likeness (QED) is 0.237. The van der Waals surface area contributed by atoms with Crippen LogP contribution >= 0.6 is 11.3 Å². The van der Waals surface area contributed by atoms with Gasteiger partial charge in [0.1, 0.15) is 0 Å². The molecule has 0 bridgehead atoms. The van der Waals surface area contributed by atoms with Gasteiger partial charge in [-0.3, -0.25) is 0 Å². The van der Waals surface area contributed by atoms with Crippen molar-refractivity contribution in [1.82, 2.24) is 0 Å². The lowest BCUT2D eigenvalue weighted by Gasteiger charge is -2.25. The molecule has 36 heavy (non-hydrogen) atoms. The van der Waals surface area contributed by atoms with Crippen LogP contribution in [-0.4, -0.2) is 0 Å². The van der Waals surface area contributed by atoms with Crippen molar-refractivity contribution in [2.45, 2.75) is 6.42 Å². The molecule has 0 fully saturated rings. The Balaban J connectivity index is 1.74. The van der Waals surface area contributed by atoms with E-state index in [4.69, 9.17) is 0 Å². The van der Waals surface area contributed by atoms with Crippen LogP contribution in [-0.2, 0) is 6.42 Å². The predicted molar refractivity (Wildman–Crippen MR) is 154 cm³/mol. The molecule has 1 aliphatic carbocycles. The van der Waals surface area contributed by atoms with E-state index in [9.17, 15) is 0 Å². The van der Waals surface area contributed by atoms with Gasteiger partial charge in [-0.05, 0) is 73.5 Å². The fraction of sp³-hybridized carbons (Fsp3) is 0.0286. The number of hydrogen-bond donors (Lipinski definition) is 0. The maximum absolute atomic E-state index is 2.31. The number of thiophene rings is 1. The minimum atomic E-state index is 0.952. The summed E-state index contributed by atoms with van der Waals surface area (Å²) in [5.74, 6) is 0. The molecule has 0 saturated heterocycles. The highest BCUT2D eigenvalue weighted by Gasteiger charge is 2.32. The summed E-state index contributed by atoms with van der Waals surface area (Å²) in [6.07, 6.45) is 0.952. The maximum atomic E-state index is 2.31. The van der Waals surface area contributed by atoms with Gasteiger partial charge >= 0.3 is 0 Å². The molecule has 1 heteroatoms. The molecule has 7 rings (SSSR count). The van der Waals surface area contributed by atoms with Crippen LogP contribution in [0.4, 0.5) is 0 Å². The van der Waals surface area contributed by atoms with Gasteiger partial charge in [0.15, 0.2) is 0 Å². The molecule has 0 amide bonds. The third kappa shape index (κ3) is 3.36. The molecular weight excluding hydrogens is 452 g/mol. The van der Waals surface area contributed by atoms with E-state index in [0.29, 0.717) is 0 Å². The predicted octanol–water partition coefficient (Wildman–Crippen LogP) is 9.99. The molecule has 1 heterocycles. The molecule has 0 radical (unpaired) electrons. The Labute approximate surface area is 216 Å². The summed E-state index contributed by atoms with van der Waals surface area (Å²) < 4.78 is 0. The monoisotopic (exact) mass is 476 g/mol. The first-order valence-corrected chi connectivity index (χ1v) is 13.3. The number of fused-ring (bicyclic) bond motifs is 3. The molecule has 0 spiro atoms.